The minimum atomic E-state index is -4.76. The van der Waals surface area contributed by atoms with Crippen LogP contribution in [0.1, 0.15) is 25.1 Å². The monoisotopic (exact) mass is 345 g/mol. The fourth-order valence-corrected chi connectivity index (χ4v) is 2.82. The Morgan fingerprint density at radius 1 is 1.61 bits per heavy atom. The van der Waals surface area contributed by atoms with E-state index >= 15 is 0 Å². The summed E-state index contributed by atoms with van der Waals surface area (Å²) in [4.78, 5) is 33.4. The first-order valence-corrected chi connectivity index (χ1v) is 8.10. The van der Waals surface area contributed by atoms with Crippen LogP contribution in [-0.2, 0) is 13.8 Å². The normalized spacial score (nSPS) is 24.3. The second-order valence-corrected chi connectivity index (χ2v) is 5.98. The zero-order chi connectivity index (χ0) is 17.2. The number of hydrogen-bond donors (Lipinski definition) is 4. The van der Waals surface area contributed by atoms with Crippen LogP contribution < -0.4 is 11.4 Å². The minimum Gasteiger partial charge on any atom is -0.394 e. The molecule has 23 heavy (non-hydrogen) atoms. The van der Waals surface area contributed by atoms with E-state index in [-0.39, 0.29) is 12.2 Å². The van der Waals surface area contributed by atoms with Crippen molar-refractivity contribution in [3.05, 3.63) is 22.2 Å². The number of nitrogens with two attached hydrogens (primary N) is 1. The van der Waals surface area contributed by atoms with Crippen LogP contribution >= 0.6 is 7.82 Å². The third-order valence-electron chi connectivity index (χ3n) is 3.18. The molecule has 2 rings (SSSR count). The number of rotatable bonds is 4. The average molecular weight is 345 g/mol. The van der Waals surface area contributed by atoms with E-state index in [0.717, 1.165) is 4.57 Å². The van der Waals surface area contributed by atoms with Crippen LogP contribution in [0.25, 0.3) is 0 Å². The molecule has 2 heterocycles. The van der Waals surface area contributed by atoms with Crippen molar-refractivity contribution >= 4 is 13.6 Å². The van der Waals surface area contributed by atoms with E-state index < -0.39 is 38.6 Å². The van der Waals surface area contributed by atoms with Gasteiger partial charge in [-0.15, -0.1) is 5.92 Å². The highest BCUT2D eigenvalue weighted by molar-refractivity contribution is 7.46. The molecule has 0 bridgehead atoms. The molecule has 1 aromatic heterocycles. The maximum atomic E-state index is 12.0. The first-order valence-electron chi connectivity index (χ1n) is 6.57. The Morgan fingerprint density at radius 3 is 2.87 bits per heavy atom. The van der Waals surface area contributed by atoms with Crippen LogP contribution in [0.5, 0.6) is 0 Å². The third-order valence-corrected chi connectivity index (χ3v) is 3.73. The second kappa shape index (κ2) is 6.80. The highest BCUT2D eigenvalue weighted by Gasteiger charge is 2.40. The number of aliphatic hydroxyl groups excluding tert-OH is 1. The van der Waals surface area contributed by atoms with Crippen molar-refractivity contribution in [1.29, 1.82) is 0 Å². The van der Waals surface area contributed by atoms with Gasteiger partial charge in [0.1, 0.15) is 24.3 Å². The Morgan fingerprint density at radius 2 is 2.30 bits per heavy atom. The van der Waals surface area contributed by atoms with Crippen LogP contribution in [0, 0.1) is 11.8 Å². The molecule has 3 atom stereocenters. The lowest BCUT2D eigenvalue weighted by atomic mass is 10.2. The van der Waals surface area contributed by atoms with E-state index in [4.69, 9.17) is 20.3 Å². The molecule has 1 aliphatic heterocycles. The predicted molar refractivity (Wildman–Crippen MR) is 78.0 cm³/mol. The lowest BCUT2D eigenvalue weighted by Crippen LogP contribution is -2.29. The molecule has 1 aliphatic rings. The summed E-state index contributed by atoms with van der Waals surface area (Å²) in [5.41, 5.74) is 5.21. The molecule has 0 radical (unpaired) electrons. The quantitative estimate of drug-likeness (QED) is 0.395. The summed E-state index contributed by atoms with van der Waals surface area (Å²) in [6.07, 6.45) is -1.68. The summed E-state index contributed by atoms with van der Waals surface area (Å²) in [7, 11) is -4.76. The molecular weight excluding hydrogens is 329 g/mol. The first-order chi connectivity index (χ1) is 10.7. The summed E-state index contributed by atoms with van der Waals surface area (Å²) < 4.78 is 22.1. The summed E-state index contributed by atoms with van der Waals surface area (Å²) in [5, 5.41) is 9.25. The number of anilines is 1. The van der Waals surface area contributed by atoms with Crippen molar-refractivity contribution in [2.45, 2.75) is 31.8 Å². The molecule has 1 fully saturated rings. The second-order valence-electron chi connectivity index (χ2n) is 4.79. The van der Waals surface area contributed by atoms with Gasteiger partial charge in [-0.1, -0.05) is 5.92 Å². The van der Waals surface area contributed by atoms with Gasteiger partial charge < -0.3 is 25.4 Å². The highest BCUT2D eigenvalue weighted by Crippen LogP contribution is 2.43. The Labute approximate surface area is 131 Å². The Balaban J connectivity index is 2.32. The summed E-state index contributed by atoms with van der Waals surface area (Å²) in [5.74, 6) is 5.28. The maximum absolute atomic E-state index is 12.0. The molecule has 0 aromatic carbocycles. The molecule has 1 unspecified atom stereocenters. The van der Waals surface area contributed by atoms with Crippen molar-refractivity contribution in [3.8, 4) is 11.8 Å². The van der Waals surface area contributed by atoms with Gasteiger partial charge in [-0.2, -0.15) is 4.98 Å². The molecule has 1 saturated heterocycles. The van der Waals surface area contributed by atoms with Gasteiger partial charge in [0, 0.05) is 12.6 Å². The molecule has 0 aliphatic carbocycles. The molecular formula is C12H16N3O7P. The van der Waals surface area contributed by atoms with Crippen molar-refractivity contribution in [2.75, 3.05) is 12.3 Å². The standard InChI is InChI=1S/C12H16N3O7P/c1-2-3-7-5-15(12(17)14-11(7)13)10-4-8(9(6-16)21-10)22-23(18,19)20/h5,8-10,16H,4,6H2,1H3,(H2,13,14,17)(H2,18,19,20)/t8-,9?,10-/m1/s1. The number of hydrogen-bond acceptors (Lipinski definition) is 7. The van der Waals surface area contributed by atoms with Gasteiger partial charge >= 0.3 is 13.5 Å². The fraction of sp³-hybridized carbons (Fsp3) is 0.500. The first kappa shape index (κ1) is 17.6. The van der Waals surface area contributed by atoms with E-state index in [2.05, 4.69) is 21.3 Å². The number of nitrogen functional groups attached to an aromatic ring is 1. The van der Waals surface area contributed by atoms with Crippen molar-refractivity contribution < 1.29 is 28.7 Å². The molecule has 11 heteroatoms. The minimum absolute atomic E-state index is 0.0275. The lowest BCUT2D eigenvalue weighted by Gasteiger charge is -2.16. The van der Waals surface area contributed by atoms with Gasteiger partial charge in [-0.25, -0.2) is 9.36 Å². The summed E-state index contributed by atoms with van der Waals surface area (Å²) in [6.45, 7) is 1.06. The highest BCUT2D eigenvalue weighted by atomic mass is 31.2. The molecule has 0 spiro atoms. The van der Waals surface area contributed by atoms with E-state index in [0.29, 0.717) is 5.56 Å². The Bertz CT molecular complexity index is 747. The van der Waals surface area contributed by atoms with Gasteiger partial charge in [0.05, 0.1) is 12.2 Å². The number of phosphoric acid groups is 1. The van der Waals surface area contributed by atoms with E-state index in [9.17, 15) is 14.5 Å². The molecule has 0 amide bonds. The smallest absolute Gasteiger partial charge is 0.394 e. The van der Waals surface area contributed by atoms with Crippen LogP contribution in [-0.4, -0.2) is 43.3 Å². The van der Waals surface area contributed by atoms with Crippen LogP contribution in [0.4, 0.5) is 5.82 Å². The number of nitrogens with zero attached hydrogens (tertiary/aromatic N) is 2. The predicted octanol–water partition coefficient (Wildman–Crippen LogP) is -1.05. The fourth-order valence-electron chi connectivity index (χ4n) is 2.24. The number of aromatic nitrogens is 2. The summed E-state index contributed by atoms with van der Waals surface area (Å²) in [6, 6.07) is 0. The van der Waals surface area contributed by atoms with E-state index in [1.807, 2.05) is 0 Å². The number of ether oxygens (including phenoxy) is 1. The lowest BCUT2D eigenvalue weighted by molar-refractivity contribution is -0.0452. The molecule has 5 N–H and O–H groups in total. The van der Waals surface area contributed by atoms with Crippen LogP contribution in [0.3, 0.4) is 0 Å². The van der Waals surface area contributed by atoms with Gasteiger partial charge in [0.2, 0.25) is 0 Å². The summed E-state index contributed by atoms with van der Waals surface area (Å²) >= 11 is 0. The van der Waals surface area contributed by atoms with Crippen molar-refractivity contribution in [3.63, 3.8) is 0 Å². The van der Waals surface area contributed by atoms with Crippen LogP contribution in [0.15, 0.2) is 11.0 Å². The topological polar surface area (TPSA) is 157 Å². The molecule has 126 valence electrons. The van der Waals surface area contributed by atoms with E-state index in [1.165, 1.54) is 6.20 Å². The average Bonchev–Trinajstić information content (AvgIpc) is 2.82. The van der Waals surface area contributed by atoms with Crippen molar-refractivity contribution in [1.82, 2.24) is 9.55 Å². The van der Waals surface area contributed by atoms with Gasteiger partial charge in [0.25, 0.3) is 0 Å². The maximum Gasteiger partial charge on any atom is 0.469 e. The number of phosphoric ester groups is 1. The Kier molecular flexibility index (Phi) is 5.21. The van der Waals surface area contributed by atoms with Gasteiger partial charge in [-0.3, -0.25) is 9.09 Å². The zero-order valence-electron chi connectivity index (χ0n) is 12.1. The Hall–Kier alpha value is -1.73. The van der Waals surface area contributed by atoms with Gasteiger partial charge in [0.15, 0.2) is 0 Å². The molecule has 1 aromatic rings. The largest absolute Gasteiger partial charge is 0.469 e. The molecule has 0 saturated carbocycles. The number of aliphatic hydroxyl groups is 1. The van der Waals surface area contributed by atoms with Crippen molar-refractivity contribution in [2.24, 2.45) is 0 Å². The third kappa shape index (κ3) is 4.17. The van der Waals surface area contributed by atoms with E-state index in [1.54, 1.807) is 6.92 Å². The molecule has 10 nitrogen and oxygen atoms in total. The SMILES string of the molecule is CC#Cc1cn([C@H]2C[C@@H](OP(=O)(O)O)C(CO)O2)c(=O)nc1N. The zero-order valence-corrected chi connectivity index (χ0v) is 13.0. The van der Waals surface area contributed by atoms with Gasteiger partial charge in [-0.05, 0) is 6.92 Å². The van der Waals surface area contributed by atoms with Crippen LogP contribution in [0.2, 0.25) is 0 Å².